The Hall–Kier alpha value is -1.58. The largest absolute Gasteiger partial charge is 0.457 e. The van der Waals surface area contributed by atoms with Gasteiger partial charge in [-0.15, -0.1) is 0 Å². The van der Waals surface area contributed by atoms with E-state index in [0.717, 1.165) is 0 Å². The SMILES string of the molecule is CC1CC(C(N)=O)=CC=C1C(=O)OC(C)(C)C. The van der Waals surface area contributed by atoms with Crippen molar-refractivity contribution in [2.45, 2.75) is 39.7 Å². The molecule has 0 spiro atoms. The van der Waals surface area contributed by atoms with Crippen LogP contribution in [0.25, 0.3) is 0 Å². The van der Waals surface area contributed by atoms with Crippen LogP contribution in [0.2, 0.25) is 0 Å². The summed E-state index contributed by atoms with van der Waals surface area (Å²) in [6, 6.07) is 0. The third kappa shape index (κ3) is 3.73. The molecule has 2 N–H and O–H groups in total. The highest BCUT2D eigenvalue weighted by Crippen LogP contribution is 2.26. The quantitative estimate of drug-likeness (QED) is 0.743. The molecule has 0 fully saturated rings. The summed E-state index contributed by atoms with van der Waals surface area (Å²) in [6.45, 7) is 7.35. The van der Waals surface area contributed by atoms with Crippen LogP contribution in [0.5, 0.6) is 0 Å². The summed E-state index contributed by atoms with van der Waals surface area (Å²) >= 11 is 0. The van der Waals surface area contributed by atoms with Gasteiger partial charge in [0.15, 0.2) is 0 Å². The van der Waals surface area contributed by atoms with Crippen molar-refractivity contribution < 1.29 is 14.3 Å². The first-order valence-corrected chi connectivity index (χ1v) is 5.64. The molecular weight excluding hydrogens is 218 g/mol. The zero-order valence-corrected chi connectivity index (χ0v) is 10.7. The smallest absolute Gasteiger partial charge is 0.334 e. The van der Waals surface area contributed by atoms with Crippen molar-refractivity contribution in [2.24, 2.45) is 11.7 Å². The second-order valence-corrected chi connectivity index (χ2v) is 5.29. The molecule has 0 heterocycles. The lowest BCUT2D eigenvalue weighted by Crippen LogP contribution is -2.28. The normalized spacial score (nSPS) is 20.4. The fourth-order valence-electron chi connectivity index (χ4n) is 1.65. The van der Waals surface area contributed by atoms with E-state index in [2.05, 4.69) is 0 Å². The molecule has 0 aliphatic heterocycles. The van der Waals surface area contributed by atoms with Crippen LogP contribution in [-0.4, -0.2) is 17.5 Å². The van der Waals surface area contributed by atoms with Gasteiger partial charge in [0.1, 0.15) is 5.60 Å². The lowest BCUT2D eigenvalue weighted by Gasteiger charge is -2.24. The molecule has 0 saturated heterocycles. The third-order valence-corrected chi connectivity index (χ3v) is 2.47. The zero-order valence-electron chi connectivity index (χ0n) is 10.7. The predicted molar refractivity (Wildman–Crippen MR) is 65.0 cm³/mol. The Morgan fingerprint density at radius 1 is 1.35 bits per heavy atom. The minimum Gasteiger partial charge on any atom is -0.457 e. The Balaban J connectivity index is 2.85. The van der Waals surface area contributed by atoms with Gasteiger partial charge in [0.25, 0.3) is 0 Å². The molecule has 1 atom stereocenters. The average Bonchev–Trinajstić information content (AvgIpc) is 2.14. The van der Waals surface area contributed by atoms with Crippen LogP contribution < -0.4 is 5.73 Å². The summed E-state index contributed by atoms with van der Waals surface area (Å²) in [6.07, 6.45) is 3.71. The third-order valence-electron chi connectivity index (χ3n) is 2.47. The van der Waals surface area contributed by atoms with Gasteiger partial charge in [0, 0.05) is 11.1 Å². The van der Waals surface area contributed by atoms with Crippen LogP contribution in [0, 0.1) is 5.92 Å². The fraction of sp³-hybridized carbons (Fsp3) is 0.538. The van der Waals surface area contributed by atoms with Crippen molar-refractivity contribution in [2.75, 3.05) is 0 Å². The maximum absolute atomic E-state index is 11.9. The van der Waals surface area contributed by atoms with Crippen molar-refractivity contribution in [3.63, 3.8) is 0 Å². The topological polar surface area (TPSA) is 69.4 Å². The van der Waals surface area contributed by atoms with Gasteiger partial charge in [0.05, 0.1) is 0 Å². The number of esters is 1. The summed E-state index contributed by atoms with van der Waals surface area (Å²) in [7, 11) is 0. The second-order valence-electron chi connectivity index (χ2n) is 5.29. The Bertz CT molecular complexity index is 399. The molecule has 1 aliphatic carbocycles. The lowest BCUT2D eigenvalue weighted by atomic mass is 9.88. The average molecular weight is 237 g/mol. The van der Waals surface area contributed by atoms with Crippen LogP contribution in [0.1, 0.15) is 34.1 Å². The summed E-state index contributed by atoms with van der Waals surface area (Å²) < 4.78 is 5.29. The van der Waals surface area contributed by atoms with E-state index in [0.29, 0.717) is 17.6 Å². The van der Waals surface area contributed by atoms with E-state index in [4.69, 9.17) is 10.5 Å². The Morgan fingerprint density at radius 2 is 1.94 bits per heavy atom. The molecule has 17 heavy (non-hydrogen) atoms. The fourth-order valence-corrected chi connectivity index (χ4v) is 1.65. The van der Waals surface area contributed by atoms with Gasteiger partial charge in [-0.05, 0) is 33.1 Å². The minimum absolute atomic E-state index is 0.0441. The molecule has 4 nitrogen and oxygen atoms in total. The van der Waals surface area contributed by atoms with E-state index in [1.807, 2.05) is 27.7 Å². The van der Waals surface area contributed by atoms with Crippen LogP contribution in [0.3, 0.4) is 0 Å². The molecule has 1 unspecified atom stereocenters. The van der Waals surface area contributed by atoms with Crippen molar-refractivity contribution in [1.29, 1.82) is 0 Å². The number of hydrogen-bond donors (Lipinski definition) is 1. The van der Waals surface area contributed by atoms with Gasteiger partial charge in [-0.25, -0.2) is 4.79 Å². The van der Waals surface area contributed by atoms with Gasteiger partial charge in [-0.3, -0.25) is 4.79 Å². The van der Waals surface area contributed by atoms with Gasteiger partial charge < -0.3 is 10.5 Å². The molecule has 1 aliphatic rings. The molecule has 0 bridgehead atoms. The van der Waals surface area contributed by atoms with Crippen molar-refractivity contribution in [3.05, 3.63) is 23.3 Å². The standard InChI is InChI=1S/C13H19NO3/c1-8-7-9(11(14)15)5-6-10(8)12(16)17-13(2,3)4/h5-6,8H,7H2,1-4H3,(H2,14,15). The maximum Gasteiger partial charge on any atom is 0.334 e. The first kappa shape index (κ1) is 13.5. The van der Waals surface area contributed by atoms with E-state index in [-0.39, 0.29) is 11.9 Å². The number of nitrogens with two attached hydrogens (primary N) is 1. The monoisotopic (exact) mass is 237 g/mol. The van der Waals surface area contributed by atoms with E-state index in [1.54, 1.807) is 12.2 Å². The number of hydrogen-bond acceptors (Lipinski definition) is 3. The summed E-state index contributed by atoms with van der Waals surface area (Å²) in [4.78, 5) is 22.9. The van der Waals surface area contributed by atoms with Crippen LogP contribution in [0.15, 0.2) is 23.3 Å². The number of primary amides is 1. The molecule has 1 amide bonds. The van der Waals surface area contributed by atoms with Crippen LogP contribution >= 0.6 is 0 Å². The van der Waals surface area contributed by atoms with E-state index >= 15 is 0 Å². The maximum atomic E-state index is 11.9. The van der Waals surface area contributed by atoms with E-state index in [9.17, 15) is 9.59 Å². The molecular formula is C13H19NO3. The van der Waals surface area contributed by atoms with Gasteiger partial charge >= 0.3 is 5.97 Å². The summed E-state index contributed by atoms with van der Waals surface area (Å²) in [5.41, 5.74) is 5.83. The van der Waals surface area contributed by atoms with Crippen molar-refractivity contribution in [3.8, 4) is 0 Å². The first-order valence-electron chi connectivity index (χ1n) is 5.64. The van der Waals surface area contributed by atoms with Crippen molar-refractivity contribution in [1.82, 2.24) is 0 Å². The summed E-state index contributed by atoms with van der Waals surface area (Å²) in [5.74, 6) is -0.807. The first-order chi connectivity index (χ1) is 7.70. The highest BCUT2D eigenvalue weighted by atomic mass is 16.6. The van der Waals surface area contributed by atoms with Gasteiger partial charge in [0.2, 0.25) is 5.91 Å². The second kappa shape index (κ2) is 4.73. The highest BCUT2D eigenvalue weighted by Gasteiger charge is 2.26. The van der Waals surface area contributed by atoms with Crippen LogP contribution in [-0.2, 0) is 14.3 Å². The molecule has 94 valence electrons. The Kier molecular flexibility index (Phi) is 3.76. The van der Waals surface area contributed by atoms with Crippen LogP contribution in [0.4, 0.5) is 0 Å². The number of amides is 1. The molecule has 0 aromatic carbocycles. The Morgan fingerprint density at radius 3 is 2.35 bits per heavy atom. The molecule has 4 heteroatoms. The number of allylic oxidation sites excluding steroid dienone is 2. The molecule has 0 aromatic rings. The number of rotatable bonds is 2. The lowest BCUT2D eigenvalue weighted by molar-refractivity contribution is -0.150. The number of carbonyl (C=O) groups is 2. The van der Waals surface area contributed by atoms with E-state index in [1.165, 1.54) is 0 Å². The summed E-state index contributed by atoms with van der Waals surface area (Å²) in [5, 5.41) is 0. The molecule has 0 saturated carbocycles. The Labute approximate surface area is 102 Å². The highest BCUT2D eigenvalue weighted by molar-refractivity contribution is 5.95. The van der Waals surface area contributed by atoms with Crippen molar-refractivity contribution >= 4 is 11.9 Å². The predicted octanol–water partition coefficient (Wildman–Crippen LogP) is 1.71. The number of ether oxygens (including phenoxy) is 1. The molecule has 0 aromatic heterocycles. The van der Waals surface area contributed by atoms with Gasteiger partial charge in [-0.2, -0.15) is 0 Å². The zero-order chi connectivity index (χ0) is 13.2. The van der Waals surface area contributed by atoms with E-state index < -0.39 is 11.5 Å². The molecule has 0 radical (unpaired) electrons. The molecule has 1 rings (SSSR count). The minimum atomic E-state index is -0.509. The number of carbonyl (C=O) groups excluding carboxylic acids is 2. The van der Waals surface area contributed by atoms with Gasteiger partial charge in [-0.1, -0.05) is 19.1 Å².